The SMILES string of the molecule is C/C(=N\N1C(=O)CN(Cc2ccccc2)[C@H]1c1ccncc1)c1ccc(Cl)cc1. The Morgan fingerprint density at radius 1 is 1.07 bits per heavy atom. The first-order chi connectivity index (χ1) is 14.1. The maximum Gasteiger partial charge on any atom is 0.258 e. The Morgan fingerprint density at radius 2 is 1.76 bits per heavy atom. The molecule has 4 rings (SSSR count). The fraction of sp³-hybridized carbons (Fsp3) is 0.174. The number of amides is 1. The molecule has 1 fully saturated rings. The molecule has 29 heavy (non-hydrogen) atoms. The van der Waals surface area contributed by atoms with Crippen molar-refractivity contribution < 1.29 is 4.79 Å². The third-order valence-electron chi connectivity index (χ3n) is 4.92. The zero-order valence-electron chi connectivity index (χ0n) is 16.1. The lowest BCUT2D eigenvalue weighted by atomic mass is 10.1. The molecule has 0 aliphatic carbocycles. The summed E-state index contributed by atoms with van der Waals surface area (Å²) in [5, 5.41) is 6.96. The van der Waals surface area contributed by atoms with Crippen LogP contribution in [0.2, 0.25) is 5.02 Å². The first-order valence-corrected chi connectivity index (χ1v) is 9.81. The van der Waals surface area contributed by atoms with Crippen molar-refractivity contribution in [2.75, 3.05) is 6.54 Å². The normalized spacial score (nSPS) is 17.7. The minimum atomic E-state index is -0.284. The molecule has 146 valence electrons. The molecule has 1 atom stereocenters. The van der Waals surface area contributed by atoms with Crippen molar-refractivity contribution in [3.63, 3.8) is 0 Å². The summed E-state index contributed by atoms with van der Waals surface area (Å²) in [4.78, 5) is 19.2. The maximum absolute atomic E-state index is 12.9. The number of nitrogens with zero attached hydrogens (tertiary/aromatic N) is 4. The van der Waals surface area contributed by atoms with Crippen LogP contribution < -0.4 is 0 Å². The molecule has 0 radical (unpaired) electrons. The Labute approximate surface area is 175 Å². The highest BCUT2D eigenvalue weighted by atomic mass is 35.5. The highest BCUT2D eigenvalue weighted by Gasteiger charge is 2.39. The van der Waals surface area contributed by atoms with Crippen LogP contribution in [-0.2, 0) is 11.3 Å². The Kier molecular flexibility index (Phi) is 5.69. The van der Waals surface area contributed by atoms with E-state index in [-0.39, 0.29) is 12.1 Å². The van der Waals surface area contributed by atoms with Crippen molar-refractivity contribution in [3.05, 3.63) is 101 Å². The van der Waals surface area contributed by atoms with Gasteiger partial charge in [0.25, 0.3) is 5.91 Å². The summed E-state index contributed by atoms with van der Waals surface area (Å²) < 4.78 is 0. The van der Waals surface area contributed by atoms with Crippen LogP contribution in [0.3, 0.4) is 0 Å². The number of aromatic nitrogens is 1. The van der Waals surface area contributed by atoms with E-state index in [9.17, 15) is 4.79 Å². The van der Waals surface area contributed by atoms with Crippen LogP contribution in [0.25, 0.3) is 0 Å². The topological polar surface area (TPSA) is 48.8 Å². The molecule has 5 nitrogen and oxygen atoms in total. The summed E-state index contributed by atoms with van der Waals surface area (Å²) in [6, 6.07) is 21.5. The smallest absolute Gasteiger partial charge is 0.258 e. The Morgan fingerprint density at radius 3 is 2.45 bits per heavy atom. The van der Waals surface area contributed by atoms with E-state index in [0.717, 1.165) is 22.4 Å². The van der Waals surface area contributed by atoms with E-state index in [4.69, 9.17) is 16.7 Å². The summed E-state index contributed by atoms with van der Waals surface area (Å²) in [7, 11) is 0. The molecule has 1 aliphatic rings. The van der Waals surface area contributed by atoms with Crippen molar-refractivity contribution in [2.24, 2.45) is 5.10 Å². The van der Waals surface area contributed by atoms with E-state index in [1.807, 2.05) is 61.5 Å². The van der Waals surface area contributed by atoms with E-state index >= 15 is 0 Å². The number of hydrogen-bond donors (Lipinski definition) is 0. The number of carbonyl (C=O) groups excluding carboxylic acids is 1. The van der Waals surface area contributed by atoms with E-state index in [2.05, 4.69) is 22.0 Å². The lowest BCUT2D eigenvalue weighted by Gasteiger charge is -2.27. The molecule has 0 N–H and O–H groups in total. The van der Waals surface area contributed by atoms with Crippen molar-refractivity contribution >= 4 is 23.2 Å². The fourth-order valence-corrected chi connectivity index (χ4v) is 3.62. The Bertz CT molecular complexity index is 1010. The van der Waals surface area contributed by atoms with Gasteiger partial charge in [0.2, 0.25) is 0 Å². The van der Waals surface area contributed by atoms with Crippen LogP contribution in [-0.4, -0.2) is 33.1 Å². The Hall–Kier alpha value is -3.02. The molecular weight excluding hydrogens is 384 g/mol. The van der Waals surface area contributed by atoms with Crippen LogP contribution >= 0.6 is 11.6 Å². The predicted octanol–water partition coefficient (Wildman–Crippen LogP) is 4.50. The summed E-state index contributed by atoms with van der Waals surface area (Å²) >= 11 is 5.99. The molecule has 0 spiro atoms. The lowest BCUT2D eigenvalue weighted by Crippen LogP contribution is -2.29. The zero-order chi connectivity index (χ0) is 20.2. The van der Waals surface area contributed by atoms with E-state index in [1.54, 1.807) is 17.4 Å². The third kappa shape index (κ3) is 4.36. The van der Waals surface area contributed by atoms with Gasteiger partial charge in [-0.1, -0.05) is 54.1 Å². The predicted molar refractivity (Wildman–Crippen MR) is 114 cm³/mol. The van der Waals surface area contributed by atoms with Gasteiger partial charge in [-0.2, -0.15) is 5.10 Å². The van der Waals surface area contributed by atoms with Crippen LogP contribution in [0, 0.1) is 0 Å². The number of hydrogen-bond acceptors (Lipinski definition) is 4. The molecule has 1 aromatic heterocycles. The second-order valence-corrected chi connectivity index (χ2v) is 7.41. The van der Waals surface area contributed by atoms with Crippen LogP contribution in [0.5, 0.6) is 0 Å². The molecule has 2 aromatic carbocycles. The van der Waals surface area contributed by atoms with Gasteiger partial charge in [0.1, 0.15) is 6.17 Å². The van der Waals surface area contributed by atoms with Crippen molar-refractivity contribution in [3.8, 4) is 0 Å². The van der Waals surface area contributed by atoms with Crippen molar-refractivity contribution in [1.29, 1.82) is 0 Å². The summed E-state index contributed by atoms with van der Waals surface area (Å²) in [5.41, 5.74) is 3.82. The molecule has 2 heterocycles. The minimum absolute atomic E-state index is 0.0314. The first kappa shape index (κ1) is 19.3. The van der Waals surface area contributed by atoms with Gasteiger partial charge in [0, 0.05) is 24.0 Å². The lowest BCUT2D eigenvalue weighted by molar-refractivity contribution is -0.128. The third-order valence-corrected chi connectivity index (χ3v) is 5.18. The van der Waals surface area contributed by atoms with Crippen molar-refractivity contribution in [2.45, 2.75) is 19.6 Å². The quantitative estimate of drug-likeness (QED) is 0.588. The molecule has 0 unspecified atom stereocenters. The largest absolute Gasteiger partial charge is 0.271 e. The van der Waals surface area contributed by atoms with Gasteiger partial charge in [0.15, 0.2) is 0 Å². The molecule has 0 saturated carbocycles. The van der Waals surface area contributed by atoms with Crippen LogP contribution in [0.4, 0.5) is 0 Å². The molecular formula is C23H21ClN4O. The number of hydrazone groups is 1. The molecule has 3 aromatic rings. The Balaban J connectivity index is 1.68. The molecule has 1 saturated heterocycles. The second-order valence-electron chi connectivity index (χ2n) is 6.98. The fourth-order valence-electron chi connectivity index (χ4n) is 3.49. The van der Waals surface area contributed by atoms with E-state index in [0.29, 0.717) is 18.1 Å². The standard InChI is InChI=1S/C23H21ClN4O/c1-17(19-7-9-21(24)10-8-19)26-28-22(29)16-27(15-18-5-3-2-4-6-18)23(28)20-11-13-25-14-12-20/h2-14,23H,15-16H2,1H3/b26-17+/t23-/m1/s1. The van der Waals surface area contributed by atoms with Gasteiger partial charge in [-0.15, -0.1) is 0 Å². The van der Waals surface area contributed by atoms with Gasteiger partial charge >= 0.3 is 0 Å². The van der Waals surface area contributed by atoms with Gasteiger partial charge in [-0.3, -0.25) is 14.7 Å². The molecule has 1 aliphatic heterocycles. The number of halogens is 1. The van der Waals surface area contributed by atoms with Gasteiger partial charge in [-0.25, -0.2) is 5.01 Å². The monoisotopic (exact) mass is 404 g/mol. The molecule has 0 bridgehead atoms. The van der Waals surface area contributed by atoms with Crippen LogP contribution in [0.1, 0.15) is 29.8 Å². The maximum atomic E-state index is 12.9. The average Bonchev–Trinajstić information content (AvgIpc) is 3.04. The molecule has 1 amide bonds. The number of pyridine rings is 1. The number of benzene rings is 2. The minimum Gasteiger partial charge on any atom is -0.271 e. The van der Waals surface area contributed by atoms with Gasteiger partial charge < -0.3 is 0 Å². The highest BCUT2D eigenvalue weighted by molar-refractivity contribution is 6.30. The van der Waals surface area contributed by atoms with Gasteiger partial charge in [-0.05, 0) is 47.9 Å². The van der Waals surface area contributed by atoms with E-state index < -0.39 is 0 Å². The summed E-state index contributed by atoms with van der Waals surface area (Å²) in [6.07, 6.45) is 3.20. The van der Waals surface area contributed by atoms with Crippen LogP contribution in [0.15, 0.2) is 84.2 Å². The van der Waals surface area contributed by atoms with Crippen molar-refractivity contribution in [1.82, 2.24) is 14.9 Å². The second kappa shape index (κ2) is 8.55. The highest BCUT2D eigenvalue weighted by Crippen LogP contribution is 2.32. The molecule has 6 heteroatoms. The average molecular weight is 405 g/mol. The number of carbonyl (C=O) groups is 1. The first-order valence-electron chi connectivity index (χ1n) is 9.43. The van der Waals surface area contributed by atoms with Gasteiger partial charge in [0.05, 0.1) is 12.3 Å². The summed E-state index contributed by atoms with van der Waals surface area (Å²) in [5.74, 6) is -0.0314. The number of rotatable bonds is 5. The summed E-state index contributed by atoms with van der Waals surface area (Å²) in [6.45, 7) is 2.87. The zero-order valence-corrected chi connectivity index (χ0v) is 16.8. The van der Waals surface area contributed by atoms with E-state index in [1.165, 1.54) is 0 Å².